The second-order valence-electron chi connectivity index (χ2n) is 3.57. The maximum absolute atomic E-state index is 5.80. The van der Waals surface area contributed by atoms with E-state index >= 15 is 0 Å². The fourth-order valence-corrected chi connectivity index (χ4v) is 3.05. The van der Waals surface area contributed by atoms with Gasteiger partial charge in [0, 0.05) is 0 Å². The summed E-state index contributed by atoms with van der Waals surface area (Å²) in [5.74, 6) is 0.363. The molecule has 0 aliphatic rings. The van der Waals surface area contributed by atoms with Crippen LogP contribution in [-0.4, -0.2) is 9.98 Å². The standard InChI is InChI=1S/C10H20N2S2/c1-4-7(5-2)10(6-3,8(11)13)9(12)14/h7H,4-6H2,1-3H3,(H2,11,13)(H2,12,14). The summed E-state index contributed by atoms with van der Waals surface area (Å²) in [5, 5.41) is 0. The van der Waals surface area contributed by atoms with Crippen LogP contribution in [0.25, 0.3) is 0 Å². The first-order valence-electron chi connectivity index (χ1n) is 5.07. The van der Waals surface area contributed by atoms with Crippen LogP contribution in [-0.2, 0) is 0 Å². The Bertz CT molecular complexity index is 208. The molecule has 0 aromatic heterocycles. The molecule has 0 saturated carbocycles. The fourth-order valence-electron chi connectivity index (χ4n) is 2.15. The average molecular weight is 232 g/mol. The van der Waals surface area contributed by atoms with Crippen molar-refractivity contribution in [3.05, 3.63) is 0 Å². The van der Waals surface area contributed by atoms with Gasteiger partial charge in [0.1, 0.15) is 0 Å². The molecule has 0 aliphatic carbocycles. The molecule has 14 heavy (non-hydrogen) atoms. The Morgan fingerprint density at radius 1 is 1.07 bits per heavy atom. The summed E-state index contributed by atoms with van der Waals surface area (Å²) in [6.07, 6.45) is 2.79. The third kappa shape index (κ3) is 2.23. The summed E-state index contributed by atoms with van der Waals surface area (Å²) < 4.78 is 0. The number of thiocarbonyl (C=S) groups is 2. The van der Waals surface area contributed by atoms with Gasteiger partial charge in [-0.1, -0.05) is 58.0 Å². The van der Waals surface area contributed by atoms with Gasteiger partial charge in [-0.15, -0.1) is 0 Å². The minimum absolute atomic E-state index is 0.363. The van der Waals surface area contributed by atoms with Crippen LogP contribution in [0.1, 0.15) is 40.0 Å². The van der Waals surface area contributed by atoms with E-state index in [2.05, 4.69) is 13.8 Å². The van der Waals surface area contributed by atoms with Gasteiger partial charge in [0.15, 0.2) is 0 Å². The molecule has 0 rings (SSSR count). The van der Waals surface area contributed by atoms with Gasteiger partial charge in [-0.2, -0.15) is 0 Å². The molecule has 0 unspecified atom stereocenters. The summed E-state index contributed by atoms with van der Waals surface area (Å²) in [5.41, 5.74) is 11.2. The Kier molecular flexibility index (Phi) is 5.52. The summed E-state index contributed by atoms with van der Waals surface area (Å²) in [7, 11) is 0. The van der Waals surface area contributed by atoms with Gasteiger partial charge >= 0.3 is 0 Å². The van der Waals surface area contributed by atoms with Crippen molar-refractivity contribution < 1.29 is 0 Å². The Labute approximate surface area is 97.4 Å². The van der Waals surface area contributed by atoms with Crippen molar-refractivity contribution in [1.29, 1.82) is 0 Å². The molecular formula is C10H20N2S2. The molecule has 0 amide bonds. The maximum Gasteiger partial charge on any atom is 0.0861 e. The van der Waals surface area contributed by atoms with Gasteiger partial charge in [-0.05, 0) is 12.3 Å². The van der Waals surface area contributed by atoms with E-state index in [0.717, 1.165) is 19.3 Å². The molecule has 82 valence electrons. The molecule has 0 radical (unpaired) electrons. The van der Waals surface area contributed by atoms with Crippen LogP contribution >= 0.6 is 24.4 Å². The first kappa shape index (κ1) is 13.8. The first-order valence-corrected chi connectivity index (χ1v) is 5.88. The lowest BCUT2D eigenvalue weighted by molar-refractivity contribution is 0.320. The van der Waals surface area contributed by atoms with Gasteiger partial charge < -0.3 is 11.5 Å². The molecule has 0 bridgehead atoms. The van der Waals surface area contributed by atoms with Crippen molar-refractivity contribution in [2.45, 2.75) is 40.0 Å². The zero-order valence-electron chi connectivity index (χ0n) is 9.17. The van der Waals surface area contributed by atoms with E-state index in [1.807, 2.05) is 6.92 Å². The van der Waals surface area contributed by atoms with Crippen LogP contribution in [0.5, 0.6) is 0 Å². The van der Waals surface area contributed by atoms with Gasteiger partial charge in [0.2, 0.25) is 0 Å². The first-order chi connectivity index (χ1) is 6.47. The van der Waals surface area contributed by atoms with E-state index in [1.165, 1.54) is 0 Å². The molecule has 0 aromatic rings. The minimum atomic E-state index is -0.422. The van der Waals surface area contributed by atoms with Gasteiger partial charge in [0.05, 0.1) is 15.4 Å². The Morgan fingerprint density at radius 3 is 1.50 bits per heavy atom. The van der Waals surface area contributed by atoms with Gasteiger partial charge in [0.25, 0.3) is 0 Å². The second kappa shape index (κ2) is 5.61. The smallest absolute Gasteiger partial charge is 0.0861 e. The summed E-state index contributed by atoms with van der Waals surface area (Å²) in [4.78, 5) is 0.891. The number of nitrogens with two attached hydrogens (primary N) is 2. The highest BCUT2D eigenvalue weighted by molar-refractivity contribution is 7.82. The largest absolute Gasteiger partial charge is 0.392 e. The Morgan fingerprint density at radius 2 is 1.43 bits per heavy atom. The molecule has 0 heterocycles. The normalized spacial score (nSPS) is 11.7. The van der Waals surface area contributed by atoms with E-state index in [4.69, 9.17) is 35.9 Å². The maximum atomic E-state index is 5.80. The molecule has 0 aromatic carbocycles. The lowest BCUT2D eigenvalue weighted by Gasteiger charge is -2.37. The minimum Gasteiger partial charge on any atom is -0.392 e. The molecule has 0 fully saturated rings. The fraction of sp³-hybridized carbons (Fsp3) is 0.800. The zero-order valence-corrected chi connectivity index (χ0v) is 10.8. The third-order valence-corrected chi connectivity index (χ3v) is 3.85. The predicted octanol–water partition coefficient (Wildman–Crippen LogP) is 2.39. The van der Waals surface area contributed by atoms with E-state index in [9.17, 15) is 0 Å². The van der Waals surface area contributed by atoms with Gasteiger partial charge in [-0.3, -0.25) is 0 Å². The topological polar surface area (TPSA) is 52.0 Å². The van der Waals surface area contributed by atoms with Crippen molar-refractivity contribution in [3.63, 3.8) is 0 Å². The SMILES string of the molecule is CCC(CC)C(CC)(C(N)=S)C(N)=S. The molecule has 0 atom stereocenters. The Hall–Kier alpha value is -0.220. The van der Waals surface area contributed by atoms with Crippen molar-refractivity contribution in [2.75, 3.05) is 0 Å². The number of rotatable bonds is 6. The Balaban J connectivity index is 5.22. The van der Waals surface area contributed by atoms with E-state index in [1.54, 1.807) is 0 Å². The van der Waals surface area contributed by atoms with Crippen molar-refractivity contribution in [1.82, 2.24) is 0 Å². The molecular weight excluding hydrogens is 212 g/mol. The van der Waals surface area contributed by atoms with Crippen molar-refractivity contribution >= 4 is 34.4 Å². The van der Waals surface area contributed by atoms with Crippen LogP contribution in [0.15, 0.2) is 0 Å². The third-order valence-electron chi connectivity index (χ3n) is 3.12. The van der Waals surface area contributed by atoms with Crippen LogP contribution < -0.4 is 11.5 Å². The van der Waals surface area contributed by atoms with E-state index in [-0.39, 0.29) is 0 Å². The van der Waals surface area contributed by atoms with Crippen LogP contribution in [0.3, 0.4) is 0 Å². The van der Waals surface area contributed by atoms with Crippen LogP contribution in [0.2, 0.25) is 0 Å². The predicted molar refractivity (Wildman–Crippen MR) is 70.4 cm³/mol. The van der Waals surface area contributed by atoms with E-state index in [0.29, 0.717) is 15.9 Å². The highest BCUT2D eigenvalue weighted by Crippen LogP contribution is 2.37. The van der Waals surface area contributed by atoms with Gasteiger partial charge in [-0.25, -0.2) is 0 Å². The summed E-state index contributed by atoms with van der Waals surface area (Å²) >= 11 is 10.2. The second-order valence-corrected chi connectivity index (χ2v) is 4.45. The van der Waals surface area contributed by atoms with Crippen LogP contribution in [0, 0.1) is 11.3 Å². The van der Waals surface area contributed by atoms with E-state index < -0.39 is 5.41 Å². The number of hydrogen-bond acceptors (Lipinski definition) is 2. The molecule has 4 heteroatoms. The zero-order chi connectivity index (χ0) is 11.4. The summed E-state index contributed by atoms with van der Waals surface area (Å²) in [6.45, 7) is 6.28. The van der Waals surface area contributed by atoms with Crippen molar-refractivity contribution in [2.24, 2.45) is 22.8 Å². The highest BCUT2D eigenvalue weighted by Gasteiger charge is 2.41. The lowest BCUT2D eigenvalue weighted by Crippen LogP contribution is -2.50. The summed E-state index contributed by atoms with van der Waals surface area (Å²) in [6, 6.07) is 0. The molecule has 2 nitrogen and oxygen atoms in total. The molecule has 4 N–H and O–H groups in total. The monoisotopic (exact) mass is 232 g/mol. The molecule has 0 aliphatic heterocycles. The van der Waals surface area contributed by atoms with Crippen LogP contribution in [0.4, 0.5) is 0 Å². The number of hydrogen-bond donors (Lipinski definition) is 2. The highest BCUT2D eigenvalue weighted by atomic mass is 32.1. The molecule has 0 saturated heterocycles. The lowest BCUT2D eigenvalue weighted by atomic mass is 9.70. The van der Waals surface area contributed by atoms with Crippen molar-refractivity contribution in [3.8, 4) is 0 Å². The molecule has 0 spiro atoms. The quantitative estimate of drug-likeness (QED) is 0.691. The average Bonchev–Trinajstić information content (AvgIpc) is 2.12.